The lowest BCUT2D eigenvalue weighted by Gasteiger charge is -2.27. The van der Waals surface area contributed by atoms with Crippen LogP contribution in [0.2, 0.25) is 0 Å². The van der Waals surface area contributed by atoms with Crippen LogP contribution >= 0.6 is 47.0 Å². The molecule has 0 aliphatic carbocycles. The zero-order valence-electron chi connectivity index (χ0n) is 17.1. The van der Waals surface area contributed by atoms with Crippen LogP contribution in [0.25, 0.3) is 0 Å². The highest BCUT2D eigenvalue weighted by molar-refractivity contribution is 8.17. The highest BCUT2D eigenvalue weighted by atomic mass is 32.2. The number of aromatic nitrogens is 1. The van der Waals surface area contributed by atoms with Gasteiger partial charge >= 0.3 is 0 Å². The highest BCUT2D eigenvalue weighted by Crippen LogP contribution is 2.39. The molecule has 1 aromatic rings. The number of carbonyl (C=O) groups excluding carboxylic acids is 2. The molecule has 2 unspecified atom stereocenters. The van der Waals surface area contributed by atoms with Crippen molar-refractivity contribution >= 4 is 64.4 Å². The van der Waals surface area contributed by atoms with E-state index < -0.39 is 0 Å². The third-order valence-electron chi connectivity index (χ3n) is 4.46. The predicted octanol–water partition coefficient (Wildman–Crippen LogP) is 5.88. The molecule has 1 aromatic heterocycles. The summed E-state index contributed by atoms with van der Waals surface area (Å²) in [6.07, 6.45) is 9.79. The molecular formula is C20H30N2O2S4. The van der Waals surface area contributed by atoms with Crippen molar-refractivity contribution in [3.05, 3.63) is 11.8 Å². The standard InChI is InChI=1S/C20H30N2O2S4/c1-5-6-7-8-9-27-17-12-14(23)11-16(28-17)19(24)22-18-15(25-3)10-13(2)21-20(18)26-4/h10,16-17H,5-9,11-12H2,1-4H3,(H,22,24). The zero-order chi connectivity index (χ0) is 20.5. The third-order valence-corrected chi connectivity index (χ3v) is 8.88. The van der Waals surface area contributed by atoms with Gasteiger partial charge in [0.2, 0.25) is 5.91 Å². The van der Waals surface area contributed by atoms with Gasteiger partial charge in [0, 0.05) is 23.4 Å². The minimum absolute atomic E-state index is 0.0779. The Morgan fingerprint density at radius 2 is 2.04 bits per heavy atom. The van der Waals surface area contributed by atoms with Gasteiger partial charge in [0.25, 0.3) is 0 Å². The Bertz CT molecular complexity index is 659. The smallest absolute Gasteiger partial charge is 0.238 e. The first-order valence-electron chi connectivity index (χ1n) is 9.67. The Morgan fingerprint density at radius 1 is 1.25 bits per heavy atom. The summed E-state index contributed by atoms with van der Waals surface area (Å²) in [4.78, 5) is 30.8. The van der Waals surface area contributed by atoms with Crippen LogP contribution in [0.1, 0.15) is 51.1 Å². The van der Waals surface area contributed by atoms with Crippen LogP contribution in [0.15, 0.2) is 16.0 Å². The Hall–Kier alpha value is -0.310. The van der Waals surface area contributed by atoms with E-state index in [2.05, 4.69) is 17.2 Å². The molecule has 4 nitrogen and oxygen atoms in total. The number of anilines is 1. The normalized spacial score (nSPS) is 19.6. The molecule has 0 saturated carbocycles. The molecule has 1 aliphatic rings. The van der Waals surface area contributed by atoms with Crippen LogP contribution < -0.4 is 5.32 Å². The van der Waals surface area contributed by atoms with E-state index in [1.54, 1.807) is 23.5 Å². The molecule has 2 heterocycles. The maximum atomic E-state index is 13.0. The van der Waals surface area contributed by atoms with Gasteiger partial charge in [-0.3, -0.25) is 9.59 Å². The Morgan fingerprint density at radius 3 is 2.71 bits per heavy atom. The predicted molar refractivity (Wildman–Crippen MR) is 127 cm³/mol. The number of pyridine rings is 1. The molecule has 28 heavy (non-hydrogen) atoms. The summed E-state index contributed by atoms with van der Waals surface area (Å²) in [6, 6.07) is 1.99. The number of thioether (sulfide) groups is 4. The minimum Gasteiger partial charge on any atom is -0.322 e. The number of ketones is 1. The molecule has 1 N–H and O–H groups in total. The number of hydrogen-bond acceptors (Lipinski definition) is 7. The summed E-state index contributed by atoms with van der Waals surface area (Å²) in [5.41, 5.74) is 1.71. The number of aryl methyl sites for hydroxylation is 1. The van der Waals surface area contributed by atoms with E-state index in [9.17, 15) is 9.59 Å². The number of unbranched alkanes of at least 4 members (excludes halogenated alkanes) is 3. The Labute approximate surface area is 185 Å². The molecule has 0 spiro atoms. The highest BCUT2D eigenvalue weighted by Gasteiger charge is 2.33. The van der Waals surface area contributed by atoms with E-state index in [1.165, 1.54) is 37.4 Å². The molecule has 0 aromatic carbocycles. The van der Waals surface area contributed by atoms with Crippen molar-refractivity contribution in [1.29, 1.82) is 0 Å². The first-order valence-corrected chi connectivity index (χ1v) is 14.1. The Kier molecular flexibility index (Phi) is 10.6. The van der Waals surface area contributed by atoms with E-state index in [0.717, 1.165) is 27.1 Å². The number of carbonyl (C=O) groups is 2. The van der Waals surface area contributed by atoms with Crippen LogP contribution in [-0.4, -0.2) is 44.8 Å². The fraction of sp³-hybridized carbons (Fsp3) is 0.650. The fourth-order valence-corrected chi connectivity index (χ4v) is 7.36. The van der Waals surface area contributed by atoms with Crippen LogP contribution in [0, 0.1) is 6.92 Å². The van der Waals surface area contributed by atoms with Crippen molar-refractivity contribution in [2.24, 2.45) is 0 Å². The van der Waals surface area contributed by atoms with Gasteiger partial charge in [0.15, 0.2) is 0 Å². The van der Waals surface area contributed by atoms with Gasteiger partial charge in [-0.05, 0) is 37.7 Å². The Balaban J connectivity index is 2.00. The maximum Gasteiger partial charge on any atom is 0.238 e. The molecule has 0 bridgehead atoms. The summed E-state index contributed by atoms with van der Waals surface area (Å²) in [5.74, 6) is 1.18. The van der Waals surface area contributed by atoms with Gasteiger partial charge in [-0.2, -0.15) is 0 Å². The van der Waals surface area contributed by atoms with E-state index in [1.807, 2.05) is 37.3 Å². The number of nitrogens with one attached hydrogen (secondary N) is 1. The minimum atomic E-state index is -0.319. The molecule has 8 heteroatoms. The maximum absolute atomic E-state index is 13.0. The van der Waals surface area contributed by atoms with E-state index in [0.29, 0.717) is 12.8 Å². The number of nitrogens with zero attached hydrogens (tertiary/aromatic N) is 1. The SMILES string of the molecule is CCCCCCSC1CC(=O)CC(C(=O)Nc2c(SC)cc(C)nc2SC)S1. The topological polar surface area (TPSA) is 59.1 Å². The first kappa shape index (κ1) is 24.0. The summed E-state index contributed by atoms with van der Waals surface area (Å²) in [7, 11) is 0. The summed E-state index contributed by atoms with van der Waals surface area (Å²) < 4.78 is 0.190. The molecule has 1 amide bonds. The van der Waals surface area contributed by atoms with Crippen LogP contribution in [0.4, 0.5) is 5.69 Å². The van der Waals surface area contributed by atoms with Crippen LogP contribution in [0.3, 0.4) is 0 Å². The third kappa shape index (κ3) is 7.18. The van der Waals surface area contributed by atoms with Crippen molar-refractivity contribution in [1.82, 2.24) is 4.98 Å². The van der Waals surface area contributed by atoms with Gasteiger partial charge in [-0.15, -0.1) is 47.0 Å². The summed E-state index contributed by atoms with van der Waals surface area (Å²) in [5, 5.41) is 3.58. The average molecular weight is 459 g/mol. The summed E-state index contributed by atoms with van der Waals surface area (Å²) >= 11 is 6.62. The summed E-state index contributed by atoms with van der Waals surface area (Å²) in [6.45, 7) is 4.17. The van der Waals surface area contributed by atoms with E-state index >= 15 is 0 Å². The lowest BCUT2D eigenvalue weighted by atomic mass is 10.1. The lowest BCUT2D eigenvalue weighted by molar-refractivity contribution is -0.122. The first-order chi connectivity index (χ1) is 13.5. The number of rotatable bonds is 10. The fourth-order valence-electron chi connectivity index (χ4n) is 2.99. The van der Waals surface area contributed by atoms with Gasteiger partial charge in [0.1, 0.15) is 10.8 Å². The molecule has 1 saturated heterocycles. The quantitative estimate of drug-likeness (QED) is 0.347. The second kappa shape index (κ2) is 12.4. The van der Waals surface area contributed by atoms with Crippen LogP contribution in [0.5, 0.6) is 0 Å². The van der Waals surface area contributed by atoms with Crippen molar-refractivity contribution in [2.45, 2.75) is 72.1 Å². The largest absolute Gasteiger partial charge is 0.322 e. The molecule has 0 radical (unpaired) electrons. The van der Waals surface area contributed by atoms with Crippen molar-refractivity contribution < 1.29 is 9.59 Å². The van der Waals surface area contributed by atoms with Gasteiger partial charge in [0.05, 0.1) is 15.5 Å². The van der Waals surface area contributed by atoms with Gasteiger partial charge in [-0.1, -0.05) is 26.2 Å². The second-order valence-electron chi connectivity index (χ2n) is 6.77. The molecule has 2 atom stereocenters. The monoisotopic (exact) mass is 458 g/mol. The molecular weight excluding hydrogens is 429 g/mol. The molecule has 1 fully saturated rings. The number of Topliss-reactive ketones (excluding diaryl/α,β-unsaturated/α-hetero) is 1. The van der Waals surface area contributed by atoms with Crippen molar-refractivity contribution in [3.63, 3.8) is 0 Å². The van der Waals surface area contributed by atoms with Crippen LogP contribution in [-0.2, 0) is 9.59 Å². The second-order valence-corrected chi connectivity index (χ2v) is 11.4. The number of amides is 1. The van der Waals surface area contributed by atoms with Gasteiger partial charge in [-0.25, -0.2) is 4.98 Å². The number of hydrogen-bond donors (Lipinski definition) is 1. The van der Waals surface area contributed by atoms with E-state index in [4.69, 9.17) is 0 Å². The van der Waals surface area contributed by atoms with E-state index in [-0.39, 0.29) is 21.5 Å². The van der Waals surface area contributed by atoms with Crippen molar-refractivity contribution in [3.8, 4) is 0 Å². The molecule has 156 valence electrons. The molecule has 2 rings (SSSR count). The van der Waals surface area contributed by atoms with Crippen molar-refractivity contribution in [2.75, 3.05) is 23.6 Å². The lowest BCUT2D eigenvalue weighted by Crippen LogP contribution is -2.33. The molecule has 1 aliphatic heterocycles. The van der Waals surface area contributed by atoms with Gasteiger partial charge < -0.3 is 5.32 Å². The average Bonchev–Trinajstić information content (AvgIpc) is 2.68. The zero-order valence-corrected chi connectivity index (χ0v) is 20.3.